The van der Waals surface area contributed by atoms with Crippen LogP contribution in [0.4, 0.5) is 0 Å². The Bertz CT molecular complexity index is 339. The molecular weight excluding hydrogens is 220 g/mol. The number of carbonyl (C=O) groups is 2. The highest BCUT2D eigenvalue weighted by molar-refractivity contribution is 5.80. The number of carboxylic acids is 1. The van der Waals surface area contributed by atoms with Crippen molar-refractivity contribution in [2.45, 2.75) is 19.4 Å². The van der Waals surface area contributed by atoms with Crippen LogP contribution in [0.15, 0.2) is 30.3 Å². The van der Waals surface area contributed by atoms with E-state index in [1.165, 1.54) is 7.05 Å². The lowest BCUT2D eigenvalue weighted by molar-refractivity contribution is -0.138. The van der Waals surface area contributed by atoms with Crippen LogP contribution in [0.2, 0.25) is 0 Å². The van der Waals surface area contributed by atoms with Crippen LogP contribution < -0.4 is 11.1 Å². The molecule has 1 aromatic carbocycles. The van der Waals surface area contributed by atoms with Crippen LogP contribution in [-0.4, -0.2) is 24.0 Å². The van der Waals surface area contributed by atoms with E-state index in [0.717, 1.165) is 5.56 Å². The van der Waals surface area contributed by atoms with Gasteiger partial charge in [0, 0.05) is 13.0 Å². The van der Waals surface area contributed by atoms with Crippen molar-refractivity contribution in [3.05, 3.63) is 35.9 Å². The Morgan fingerprint density at radius 1 is 1.18 bits per heavy atom. The molecular formula is C12H18N2O3. The predicted molar refractivity (Wildman–Crippen MR) is 65.3 cm³/mol. The van der Waals surface area contributed by atoms with E-state index in [-0.39, 0.29) is 18.7 Å². The topological polar surface area (TPSA) is 92.4 Å². The predicted octanol–water partition coefficient (Wildman–Crippen LogP) is 0.743. The van der Waals surface area contributed by atoms with Crippen LogP contribution in [0.1, 0.15) is 18.4 Å². The smallest absolute Gasteiger partial charge is 0.303 e. The lowest BCUT2D eigenvalue weighted by Crippen LogP contribution is -2.23. The van der Waals surface area contributed by atoms with Gasteiger partial charge < -0.3 is 16.2 Å². The molecule has 0 fully saturated rings. The minimum absolute atomic E-state index is 0.0299. The Kier molecular flexibility index (Phi) is 8.32. The molecule has 0 saturated carbocycles. The molecule has 0 aliphatic heterocycles. The van der Waals surface area contributed by atoms with Crippen molar-refractivity contribution in [2.75, 3.05) is 7.05 Å². The largest absolute Gasteiger partial charge is 0.481 e. The molecule has 0 heterocycles. The molecule has 0 spiro atoms. The third-order valence-electron chi connectivity index (χ3n) is 1.90. The minimum Gasteiger partial charge on any atom is -0.481 e. The second kappa shape index (κ2) is 9.35. The fourth-order valence-corrected chi connectivity index (χ4v) is 1.11. The van der Waals surface area contributed by atoms with Gasteiger partial charge in [-0.1, -0.05) is 30.3 Å². The summed E-state index contributed by atoms with van der Waals surface area (Å²) in [6, 6.07) is 9.47. The zero-order valence-electron chi connectivity index (χ0n) is 9.85. The van der Waals surface area contributed by atoms with Crippen LogP contribution in [0.25, 0.3) is 0 Å². The van der Waals surface area contributed by atoms with Crippen LogP contribution in [0.5, 0.6) is 0 Å². The summed E-state index contributed by atoms with van der Waals surface area (Å²) >= 11 is 0. The quantitative estimate of drug-likeness (QED) is 0.705. The van der Waals surface area contributed by atoms with E-state index in [4.69, 9.17) is 5.11 Å². The lowest BCUT2D eigenvalue weighted by atomic mass is 10.2. The average Bonchev–Trinajstić information content (AvgIpc) is 2.37. The number of benzene rings is 1. The minimum atomic E-state index is -0.954. The highest BCUT2D eigenvalue weighted by atomic mass is 16.4. The number of carbonyl (C=O) groups excluding carboxylic acids is 1. The first kappa shape index (κ1) is 15.1. The van der Waals surface area contributed by atoms with Gasteiger partial charge in [-0.25, -0.2) is 0 Å². The lowest BCUT2D eigenvalue weighted by Gasteiger charge is -2.03. The van der Waals surface area contributed by atoms with Gasteiger partial charge in [-0.15, -0.1) is 0 Å². The SMILES string of the molecule is CN.O=C(O)CCC(=O)NCc1ccccc1. The normalized spacial score (nSPS) is 8.82. The molecule has 0 atom stereocenters. The molecule has 0 saturated heterocycles. The second-order valence-corrected chi connectivity index (χ2v) is 3.16. The average molecular weight is 238 g/mol. The molecule has 0 unspecified atom stereocenters. The maximum absolute atomic E-state index is 11.1. The number of nitrogens with two attached hydrogens (primary N) is 1. The summed E-state index contributed by atoms with van der Waals surface area (Å²) in [5, 5.41) is 11.0. The second-order valence-electron chi connectivity index (χ2n) is 3.16. The van der Waals surface area contributed by atoms with Crippen LogP contribution in [0.3, 0.4) is 0 Å². The van der Waals surface area contributed by atoms with Gasteiger partial charge in [0.1, 0.15) is 0 Å². The van der Waals surface area contributed by atoms with Crippen molar-refractivity contribution in [3.63, 3.8) is 0 Å². The molecule has 1 aromatic rings. The number of aliphatic carboxylic acids is 1. The van der Waals surface area contributed by atoms with E-state index < -0.39 is 5.97 Å². The maximum Gasteiger partial charge on any atom is 0.303 e. The summed E-state index contributed by atoms with van der Waals surface area (Å²) in [4.78, 5) is 21.3. The summed E-state index contributed by atoms with van der Waals surface area (Å²) in [5.74, 6) is -1.19. The zero-order valence-corrected chi connectivity index (χ0v) is 9.85. The van der Waals surface area contributed by atoms with Crippen molar-refractivity contribution in [1.82, 2.24) is 5.32 Å². The molecule has 5 nitrogen and oxygen atoms in total. The third kappa shape index (κ3) is 7.98. The molecule has 0 radical (unpaired) electrons. The molecule has 0 aromatic heterocycles. The Balaban J connectivity index is 0.00000121. The Morgan fingerprint density at radius 2 is 1.76 bits per heavy atom. The van der Waals surface area contributed by atoms with Gasteiger partial charge in [-0.05, 0) is 12.6 Å². The van der Waals surface area contributed by atoms with E-state index in [0.29, 0.717) is 6.54 Å². The first-order valence-corrected chi connectivity index (χ1v) is 5.28. The van der Waals surface area contributed by atoms with Crippen molar-refractivity contribution in [2.24, 2.45) is 5.73 Å². The molecule has 0 aliphatic rings. The molecule has 17 heavy (non-hydrogen) atoms. The molecule has 1 amide bonds. The standard InChI is InChI=1S/C11H13NO3.CH5N/c13-10(6-7-11(14)15)12-8-9-4-2-1-3-5-9;1-2/h1-5H,6-8H2,(H,12,13)(H,14,15);2H2,1H3. The fourth-order valence-electron chi connectivity index (χ4n) is 1.11. The Morgan fingerprint density at radius 3 is 2.29 bits per heavy atom. The first-order valence-electron chi connectivity index (χ1n) is 5.28. The molecule has 1 rings (SSSR count). The van der Waals surface area contributed by atoms with Crippen molar-refractivity contribution < 1.29 is 14.7 Å². The Hall–Kier alpha value is -1.88. The molecule has 94 valence electrons. The number of hydrogen-bond donors (Lipinski definition) is 3. The van der Waals surface area contributed by atoms with Crippen molar-refractivity contribution in [3.8, 4) is 0 Å². The summed E-state index contributed by atoms with van der Waals surface area (Å²) in [7, 11) is 1.50. The summed E-state index contributed by atoms with van der Waals surface area (Å²) in [5.41, 5.74) is 5.50. The van der Waals surface area contributed by atoms with Gasteiger partial charge in [0.15, 0.2) is 0 Å². The molecule has 4 N–H and O–H groups in total. The van der Waals surface area contributed by atoms with E-state index >= 15 is 0 Å². The summed E-state index contributed by atoms with van der Waals surface area (Å²) in [6.45, 7) is 0.444. The highest BCUT2D eigenvalue weighted by Crippen LogP contribution is 1.98. The molecule has 5 heteroatoms. The zero-order chi connectivity index (χ0) is 13.1. The van der Waals surface area contributed by atoms with Crippen molar-refractivity contribution >= 4 is 11.9 Å². The molecule has 0 bridgehead atoms. The maximum atomic E-state index is 11.1. The number of carboxylic acid groups (broad SMARTS) is 1. The number of hydrogen-bond acceptors (Lipinski definition) is 3. The van der Waals surface area contributed by atoms with E-state index in [9.17, 15) is 9.59 Å². The van der Waals surface area contributed by atoms with E-state index in [1.807, 2.05) is 30.3 Å². The molecule has 0 aliphatic carbocycles. The van der Waals surface area contributed by atoms with Gasteiger partial charge in [0.05, 0.1) is 6.42 Å². The number of rotatable bonds is 5. The van der Waals surface area contributed by atoms with Gasteiger partial charge in [-0.3, -0.25) is 9.59 Å². The van der Waals surface area contributed by atoms with Gasteiger partial charge in [-0.2, -0.15) is 0 Å². The monoisotopic (exact) mass is 238 g/mol. The van der Waals surface area contributed by atoms with Crippen LogP contribution >= 0.6 is 0 Å². The first-order chi connectivity index (χ1) is 8.18. The number of amides is 1. The number of nitrogens with one attached hydrogen (secondary N) is 1. The van der Waals surface area contributed by atoms with Gasteiger partial charge in [0.25, 0.3) is 0 Å². The van der Waals surface area contributed by atoms with Gasteiger partial charge in [0.2, 0.25) is 5.91 Å². The van der Waals surface area contributed by atoms with E-state index in [1.54, 1.807) is 0 Å². The van der Waals surface area contributed by atoms with Crippen LogP contribution in [0, 0.1) is 0 Å². The third-order valence-corrected chi connectivity index (χ3v) is 1.90. The summed E-state index contributed by atoms with van der Waals surface area (Å²) < 4.78 is 0. The highest BCUT2D eigenvalue weighted by Gasteiger charge is 2.04. The fraction of sp³-hybridized carbons (Fsp3) is 0.333. The summed E-state index contributed by atoms with van der Waals surface area (Å²) in [6.07, 6.45) is -0.0945. The van der Waals surface area contributed by atoms with Crippen LogP contribution in [-0.2, 0) is 16.1 Å². The van der Waals surface area contributed by atoms with Gasteiger partial charge >= 0.3 is 5.97 Å². The van der Waals surface area contributed by atoms with E-state index in [2.05, 4.69) is 11.1 Å². The van der Waals surface area contributed by atoms with Crippen molar-refractivity contribution in [1.29, 1.82) is 0 Å². The Labute approximate surface area is 101 Å².